The van der Waals surface area contributed by atoms with E-state index in [1.54, 1.807) is 0 Å². The van der Waals surface area contributed by atoms with Gasteiger partial charge in [0.15, 0.2) is 17.8 Å². The number of anilines is 1. The molecule has 162 valence electrons. The Morgan fingerprint density at radius 2 is 1.94 bits per heavy atom. The topological polar surface area (TPSA) is 101 Å². The van der Waals surface area contributed by atoms with Crippen LogP contribution in [-0.4, -0.2) is 48.0 Å². The Morgan fingerprint density at radius 3 is 2.71 bits per heavy atom. The normalized spacial score (nSPS) is 21.0. The number of aliphatic carboxylic acids is 1. The van der Waals surface area contributed by atoms with E-state index in [1.807, 2.05) is 41.4 Å². The number of halogens is 1. The fraction of sp³-hybridized carbons (Fsp3) is 0.364. The number of carboxylic acid groups (broad SMARTS) is 1. The Balaban J connectivity index is 1.43. The second-order valence-electron chi connectivity index (χ2n) is 7.93. The molecule has 3 aliphatic rings. The van der Waals surface area contributed by atoms with E-state index >= 15 is 0 Å². The highest BCUT2D eigenvalue weighted by atomic mass is 35.5. The molecule has 0 radical (unpaired) electrons. The summed E-state index contributed by atoms with van der Waals surface area (Å²) in [5, 5.41) is 14.0. The fourth-order valence-corrected chi connectivity index (χ4v) is 4.57. The van der Waals surface area contributed by atoms with Gasteiger partial charge in [0.25, 0.3) is 0 Å². The van der Waals surface area contributed by atoms with E-state index in [2.05, 4.69) is 5.01 Å². The second-order valence-corrected chi connectivity index (χ2v) is 8.36. The Kier molecular flexibility index (Phi) is 5.21. The Bertz CT molecular complexity index is 1050. The number of nitrogens with zero attached hydrogens (tertiary/aromatic N) is 3. The lowest BCUT2D eigenvalue weighted by molar-refractivity contribution is -0.143. The lowest BCUT2D eigenvalue weighted by atomic mass is 9.97. The van der Waals surface area contributed by atoms with Gasteiger partial charge in [0.05, 0.1) is 17.3 Å². The first-order valence-electron chi connectivity index (χ1n) is 10.3. The van der Waals surface area contributed by atoms with Crippen LogP contribution in [-0.2, 0) is 11.2 Å². The fourth-order valence-electron chi connectivity index (χ4n) is 4.40. The van der Waals surface area contributed by atoms with E-state index in [4.69, 9.17) is 31.8 Å². The first-order chi connectivity index (χ1) is 15.0. The molecule has 3 aliphatic heterocycles. The van der Waals surface area contributed by atoms with Crippen LogP contribution >= 0.6 is 11.6 Å². The van der Waals surface area contributed by atoms with Crippen molar-refractivity contribution >= 4 is 29.0 Å². The van der Waals surface area contributed by atoms with Crippen molar-refractivity contribution in [3.05, 3.63) is 52.5 Å². The number of carboxylic acids is 1. The molecule has 8 nitrogen and oxygen atoms in total. The number of hydrazine groups is 1. The maximum atomic E-state index is 11.3. The van der Waals surface area contributed by atoms with E-state index in [-0.39, 0.29) is 12.7 Å². The number of nitrogens with two attached hydrogens (primary N) is 1. The van der Waals surface area contributed by atoms with Gasteiger partial charge in [-0.25, -0.2) is 10.0 Å². The minimum atomic E-state index is -0.737. The van der Waals surface area contributed by atoms with E-state index < -0.39 is 12.3 Å². The molecule has 0 saturated carbocycles. The maximum Gasteiger partial charge on any atom is 0.306 e. The van der Waals surface area contributed by atoms with Gasteiger partial charge in [-0.05, 0) is 48.7 Å². The van der Waals surface area contributed by atoms with Crippen LogP contribution in [0.2, 0.25) is 5.02 Å². The number of piperidine rings is 1. The molecular formula is C22H23ClN4O4. The SMILES string of the molecule is NC1N=C(Cc2ccc3c(c2)OCO3)c2cc(Cl)ccc2N1N1CCC(C(=O)O)CC1. The quantitative estimate of drug-likeness (QED) is 0.750. The number of hydrogen-bond acceptors (Lipinski definition) is 7. The van der Waals surface area contributed by atoms with E-state index in [1.165, 1.54) is 0 Å². The monoisotopic (exact) mass is 442 g/mol. The smallest absolute Gasteiger partial charge is 0.306 e. The van der Waals surface area contributed by atoms with E-state index in [0.717, 1.165) is 34.0 Å². The standard InChI is InChI=1S/C22H23ClN4O4/c23-15-2-3-18-16(11-15)17(9-13-1-4-19-20(10-13)31-12-30-19)25-22(24)27(18)26-7-5-14(6-8-26)21(28)29/h1-4,10-11,14,22H,5-9,12,24H2,(H,28,29). The third-order valence-electron chi connectivity index (χ3n) is 5.99. The maximum absolute atomic E-state index is 11.3. The predicted molar refractivity (Wildman–Crippen MR) is 117 cm³/mol. The number of carbonyl (C=O) groups is 1. The lowest BCUT2D eigenvalue weighted by Crippen LogP contribution is -2.57. The first kappa shape index (κ1) is 20.1. The first-order valence-corrected chi connectivity index (χ1v) is 10.6. The van der Waals surface area contributed by atoms with Crippen LogP contribution in [0.15, 0.2) is 41.4 Å². The van der Waals surface area contributed by atoms with Gasteiger partial charge in [0.1, 0.15) is 0 Å². The number of ether oxygens (including phenoxy) is 2. The summed E-state index contributed by atoms with van der Waals surface area (Å²) < 4.78 is 10.9. The zero-order valence-corrected chi connectivity index (χ0v) is 17.6. The highest BCUT2D eigenvalue weighted by Crippen LogP contribution is 2.36. The summed E-state index contributed by atoms with van der Waals surface area (Å²) in [5.41, 5.74) is 10.2. The van der Waals surface area contributed by atoms with Gasteiger partial charge in [-0.15, -0.1) is 0 Å². The van der Waals surface area contributed by atoms with Gasteiger partial charge in [-0.3, -0.25) is 15.5 Å². The lowest BCUT2D eigenvalue weighted by Gasteiger charge is -2.44. The number of fused-ring (bicyclic) bond motifs is 2. The molecule has 0 bridgehead atoms. The Labute approximate surface area is 184 Å². The van der Waals surface area contributed by atoms with Crippen molar-refractivity contribution in [1.82, 2.24) is 5.01 Å². The number of benzene rings is 2. The molecule has 31 heavy (non-hydrogen) atoms. The summed E-state index contributed by atoms with van der Waals surface area (Å²) in [6.07, 6.45) is 1.14. The summed E-state index contributed by atoms with van der Waals surface area (Å²) in [5.74, 6) is 0.420. The molecule has 0 aromatic heterocycles. The molecule has 1 unspecified atom stereocenters. The summed E-state index contributed by atoms with van der Waals surface area (Å²) in [6.45, 7) is 1.45. The average molecular weight is 443 g/mol. The zero-order valence-electron chi connectivity index (χ0n) is 16.8. The van der Waals surface area contributed by atoms with Crippen LogP contribution in [0.5, 0.6) is 11.5 Å². The van der Waals surface area contributed by atoms with Gasteiger partial charge in [0, 0.05) is 30.1 Å². The molecule has 2 aromatic carbocycles. The van der Waals surface area contributed by atoms with Gasteiger partial charge in [0.2, 0.25) is 6.79 Å². The molecule has 0 aliphatic carbocycles. The zero-order chi connectivity index (χ0) is 21.5. The molecule has 1 fully saturated rings. The van der Waals surface area contributed by atoms with Crippen molar-refractivity contribution in [2.24, 2.45) is 16.6 Å². The van der Waals surface area contributed by atoms with Crippen molar-refractivity contribution < 1.29 is 19.4 Å². The summed E-state index contributed by atoms with van der Waals surface area (Å²) in [6, 6.07) is 11.6. The van der Waals surface area contributed by atoms with Crippen molar-refractivity contribution in [2.75, 3.05) is 24.9 Å². The minimum absolute atomic E-state index is 0.233. The molecule has 0 amide bonds. The summed E-state index contributed by atoms with van der Waals surface area (Å²) in [7, 11) is 0. The van der Waals surface area contributed by atoms with Gasteiger partial charge >= 0.3 is 5.97 Å². The van der Waals surface area contributed by atoms with E-state index in [9.17, 15) is 9.90 Å². The summed E-state index contributed by atoms with van der Waals surface area (Å²) in [4.78, 5) is 16.1. The second kappa shape index (κ2) is 8.03. The molecule has 5 rings (SSSR count). The predicted octanol–water partition coefficient (Wildman–Crippen LogP) is 2.87. The van der Waals surface area contributed by atoms with Crippen molar-refractivity contribution in [3.63, 3.8) is 0 Å². The van der Waals surface area contributed by atoms with Crippen molar-refractivity contribution in [2.45, 2.75) is 25.6 Å². The largest absolute Gasteiger partial charge is 0.481 e. The van der Waals surface area contributed by atoms with Crippen LogP contribution in [0.3, 0.4) is 0 Å². The minimum Gasteiger partial charge on any atom is -0.481 e. The molecule has 2 aromatic rings. The highest BCUT2D eigenvalue weighted by molar-refractivity contribution is 6.31. The Hall–Kier alpha value is -2.81. The van der Waals surface area contributed by atoms with Crippen LogP contribution in [0, 0.1) is 5.92 Å². The number of rotatable bonds is 4. The molecule has 1 saturated heterocycles. The highest BCUT2D eigenvalue weighted by Gasteiger charge is 2.34. The van der Waals surface area contributed by atoms with Crippen molar-refractivity contribution in [3.8, 4) is 11.5 Å². The average Bonchev–Trinajstić information content (AvgIpc) is 3.22. The van der Waals surface area contributed by atoms with Gasteiger partial charge < -0.3 is 14.6 Å². The molecule has 9 heteroatoms. The Morgan fingerprint density at radius 1 is 1.16 bits per heavy atom. The number of hydrogen-bond donors (Lipinski definition) is 2. The number of aliphatic imine (C=N–C) groups is 1. The van der Waals surface area contributed by atoms with Crippen LogP contribution < -0.4 is 20.2 Å². The van der Waals surface area contributed by atoms with Crippen LogP contribution in [0.4, 0.5) is 5.69 Å². The third-order valence-corrected chi connectivity index (χ3v) is 6.22. The molecule has 1 atom stereocenters. The third kappa shape index (κ3) is 3.82. The molecule has 3 heterocycles. The molecule has 3 N–H and O–H groups in total. The molecule has 0 spiro atoms. The summed E-state index contributed by atoms with van der Waals surface area (Å²) >= 11 is 6.33. The van der Waals surface area contributed by atoms with Gasteiger partial charge in [-0.2, -0.15) is 0 Å². The van der Waals surface area contributed by atoms with Gasteiger partial charge in [-0.1, -0.05) is 17.7 Å². The van der Waals surface area contributed by atoms with E-state index in [0.29, 0.717) is 37.4 Å². The van der Waals surface area contributed by atoms with Crippen LogP contribution in [0.1, 0.15) is 24.0 Å². The van der Waals surface area contributed by atoms with Crippen LogP contribution in [0.25, 0.3) is 0 Å². The van der Waals surface area contributed by atoms with Crippen molar-refractivity contribution in [1.29, 1.82) is 0 Å². The molecular weight excluding hydrogens is 420 g/mol.